The zero-order chi connectivity index (χ0) is 22.4. The van der Waals surface area contributed by atoms with Crippen molar-refractivity contribution in [3.8, 4) is 0 Å². The van der Waals surface area contributed by atoms with E-state index in [1.54, 1.807) is 54.7 Å². The molecule has 0 radical (unpaired) electrons. The predicted molar refractivity (Wildman–Crippen MR) is 122 cm³/mol. The molecule has 0 aliphatic carbocycles. The van der Waals surface area contributed by atoms with Gasteiger partial charge in [0, 0.05) is 6.20 Å². The van der Waals surface area contributed by atoms with Crippen LogP contribution < -0.4 is 9.62 Å². The lowest BCUT2D eigenvalue weighted by molar-refractivity contribution is -0.119. The van der Waals surface area contributed by atoms with Gasteiger partial charge in [0.2, 0.25) is 5.91 Å². The van der Waals surface area contributed by atoms with Crippen molar-refractivity contribution in [2.45, 2.75) is 38.1 Å². The first-order valence-corrected chi connectivity index (χ1v) is 11.6. The highest BCUT2D eigenvalue weighted by atomic mass is 32.2. The minimum absolute atomic E-state index is 0.142. The second-order valence-corrected chi connectivity index (χ2v) is 9.53. The van der Waals surface area contributed by atoms with Gasteiger partial charge in [0.25, 0.3) is 10.0 Å². The second-order valence-electron chi connectivity index (χ2n) is 7.67. The molecule has 0 bridgehead atoms. The quantitative estimate of drug-likeness (QED) is 0.577. The number of sulfonamides is 1. The molecule has 1 aromatic heterocycles. The van der Waals surface area contributed by atoms with E-state index in [1.807, 2.05) is 25.1 Å². The molecule has 2 aromatic carbocycles. The Bertz CT molecular complexity index is 1110. The first-order valence-electron chi connectivity index (χ1n) is 10.1. The molecule has 0 aliphatic heterocycles. The highest BCUT2D eigenvalue weighted by molar-refractivity contribution is 7.92. The molecule has 1 amide bonds. The van der Waals surface area contributed by atoms with Crippen LogP contribution in [-0.4, -0.2) is 25.9 Å². The van der Waals surface area contributed by atoms with Crippen LogP contribution in [-0.2, 0) is 21.4 Å². The summed E-state index contributed by atoms with van der Waals surface area (Å²) in [4.78, 5) is 17.0. The number of aryl methyl sites for hydroxylation is 1. The maximum Gasteiger partial charge on any atom is 0.264 e. The molecule has 0 saturated carbocycles. The Labute approximate surface area is 184 Å². The standard InChI is InChI=1S/C24H27N3O3S/c1-18(2)20-9-11-22(12-10-20)27(31(29,30)23-13-7-19(3)8-14-23)17-24(28)26-16-21-6-4-5-15-25-21/h4-15,18H,16-17H2,1-3H3,(H,26,28). The molecule has 0 atom stereocenters. The molecule has 0 fully saturated rings. The van der Waals surface area contributed by atoms with Crippen LogP contribution in [0.25, 0.3) is 0 Å². The summed E-state index contributed by atoms with van der Waals surface area (Å²) in [6, 6.07) is 19.3. The van der Waals surface area contributed by atoms with Crippen LogP contribution in [0.1, 0.15) is 36.6 Å². The Morgan fingerprint density at radius 3 is 2.26 bits per heavy atom. The molecular formula is C24H27N3O3S. The van der Waals surface area contributed by atoms with Crippen molar-refractivity contribution in [3.63, 3.8) is 0 Å². The number of carbonyl (C=O) groups excluding carboxylic acids is 1. The van der Waals surface area contributed by atoms with E-state index in [9.17, 15) is 13.2 Å². The molecule has 3 rings (SSSR count). The number of hydrogen-bond donors (Lipinski definition) is 1. The van der Waals surface area contributed by atoms with Crippen LogP contribution in [0.5, 0.6) is 0 Å². The Morgan fingerprint density at radius 1 is 1.00 bits per heavy atom. The average Bonchev–Trinajstić information content (AvgIpc) is 2.77. The van der Waals surface area contributed by atoms with E-state index in [4.69, 9.17) is 0 Å². The molecule has 0 unspecified atom stereocenters. The number of pyridine rings is 1. The van der Waals surface area contributed by atoms with E-state index in [0.29, 0.717) is 17.3 Å². The molecule has 3 aromatic rings. The second kappa shape index (κ2) is 9.75. The monoisotopic (exact) mass is 437 g/mol. The third-order valence-corrected chi connectivity index (χ3v) is 6.72. The van der Waals surface area contributed by atoms with Crippen molar-refractivity contribution in [1.29, 1.82) is 0 Å². The maximum absolute atomic E-state index is 13.4. The van der Waals surface area contributed by atoms with Gasteiger partial charge in [-0.2, -0.15) is 0 Å². The molecule has 31 heavy (non-hydrogen) atoms. The van der Waals surface area contributed by atoms with Crippen molar-refractivity contribution in [2.24, 2.45) is 0 Å². The maximum atomic E-state index is 13.4. The Hall–Kier alpha value is -3.19. The molecule has 162 valence electrons. The van der Waals surface area contributed by atoms with Crippen molar-refractivity contribution in [1.82, 2.24) is 10.3 Å². The average molecular weight is 438 g/mol. The van der Waals surface area contributed by atoms with E-state index < -0.39 is 15.9 Å². The fourth-order valence-electron chi connectivity index (χ4n) is 3.06. The van der Waals surface area contributed by atoms with Gasteiger partial charge < -0.3 is 5.32 Å². The summed E-state index contributed by atoms with van der Waals surface area (Å²) < 4.78 is 28.0. The van der Waals surface area contributed by atoms with E-state index in [-0.39, 0.29) is 18.0 Å². The summed E-state index contributed by atoms with van der Waals surface area (Å²) in [6.07, 6.45) is 1.64. The van der Waals surface area contributed by atoms with E-state index >= 15 is 0 Å². The lowest BCUT2D eigenvalue weighted by Gasteiger charge is -2.24. The van der Waals surface area contributed by atoms with Gasteiger partial charge in [-0.25, -0.2) is 8.42 Å². The molecule has 6 nitrogen and oxygen atoms in total. The number of benzene rings is 2. The number of amides is 1. The minimum Gasteiger partial charge on any atom is -0.349 e. The molecule has 1 heterocycles. The molecule has 0 spiro atoms. The third-order valence-electron chi connectivity index (χ3n) is 4.94. The fourth-order valence-corrected chi connectivity index (χ4v) is 4.48. The Balaban J connectivity index is 1.88. The molecule has 1 N–H and O–H groups in total. The predicted octanol–water partition coefficient (Wildman–Crippen LogP) is 4.03. The topological polar surface area (TPSA) is 79.4 Å². The number of aromatic nitrogens is 1. The largest absolute Gasteiger partial charge is 0.349 e. The minimum atomic E-state index is -3.93. The van der Waals surface area contributed by atoms with Gasteiger partial charge in [-0.1, -0.05) is 49.7 Å². The van der Waals surface area contributed by atoms with Crippen LogP contribution in [0.15, 0.2) is 77.8 Å². The number of nitrogens with zero attached hydrogens (tertiary/aromatic N) is 2. The van der Waals surface area contributed by atoms with Crippen molar-refractivity contribution < 1.29 is 13.2 Å². The summed E-state index contributed by atoms with van der Waals surface area (Å²) in [5.74, 6) is -0.0906. The molecular weight excluding hydrogens is 410 g/mol. The van der Waals surface area contributed by atoms with Crippen LogP contribution >= 0.6 is 0 Å². The SMILES string of the molecule is Cc1ccc(S(=O)(=O)N(CC(=O)NCc2ccccn2)c2ccc(C(C)C)cc2)cc1. The highest BCUT2D eigenvalue weighted by Gasteiger charge is 2.27. The van der Waals surface area contributed by atoms with Gasteiger partial charge >= 0.3 is 0 Å². The summed E-state index contributed by atoms with van der Waals surface area (Å²) in [5.41, 5.74) is 3.19. The summed E-state index contributed by atoms with van der Waals surface area (Å²) in [6.45, 7) is 5.93. The van der Waals surface area contributed by atoms with Gasteiger partial charge in [-0.05, 0) is 54.8 Å². The lowest BCUT2D eigenvalue weighted by atomic mass is 10.0. The molecule has 0 saturated heterocycles. The first-order chi connectivity index (χ1) is 14.8. The fraction of sp³-hybridized carbons (Fsp3) is 0.250. The number of anilines is 1. The Morgan fingerprint density at radius 2 is 1.68 bits per heavy atom. The van der Waals surface area contributed by atoms with Gasteiger partial charge in [0.1, 0.15) is 6.54 Å². The van der Waals surface area contributed by atoms with Crippen LogP contribution in [0.2, 0.25) is 0 Å². The lowest BCUT2D eigenvalue weighted by Crippen LogP contribution is -2.40. The van der Waals surface area contributed by atoms with Crippen LogP contribution in [0.3, 0.4) is 0 Å². The van der Waals surface area contributed by atoms with Gasteiger partial charge in [0.05, 0.1) is 22.8 Å². The third kappa shape index (κ3) is 5.70. The summed E-state index contributed by atoms with van der Waals surface area (Å²) >= 11 is 0. The Kier molecular flexibility index (Phi) is 7.07. The summed E-state index contributed by atoms with van der Waals surface area (Å²) in [7, 11) is -3.93. The van der Waals surface area contributed by atoms with Crippen LogP contribution in [0.4, 0.5) is 5.69 Å². The van der Waals surface area contributed by atoms with Crippen molar-refractivity contribution in [2.75, 3.05) is 10.8 Å². The van der Waals surface area contributed by atoms with Gasteiger partial charge in [-0.3, -0.25) is 14.1 Å². The smallest absolute Gasteiger partial charge is 0.264 e. The number of hydrogen-bond acceptors (Lipinski definition) is 4. The first kappa shape index (κ1) is 22.5. The number of carbonyl (C=O) groups is 1. The summed E-state index contributed by atoms with van der Waals surface area (Å²) in [5, 5.41) is 2.75. The van der Waals surface area contributed by atoms with E-state index in [1.165, 1.54) is 0 Å². The highest BCUT2D eigenvalue weighted by Crippen LogP contribution is 2.26. The number of rotatable bonds is 8. The number of nitrogens with one attached hydrogen (secondary N) is 1. The van der Waals surface area contributed by atoms with Crippen molar-refractivity contribution >= 4 is 21.6 Å². The zero-order valence-electron chi connectivity index (χ0n) is 17.9. The van der Waals surface area contributed by atoms with Gasteiger partial charge in [0.15, 0.2) is 0 Å². The van der Waals surface area contributed by atoms with E-state index in [2.05, 4.69) is 24.1 Å². The van der Waals surface area contributed by atoms with E-state index in [0.717, 1.165) is 15.4 Å². The zero-order valence-corrected chi connectivity index (χ0v) is 18.8. The van der Waals surface area contributed by atoms with Crippen LogP contribution in [0, 0.1) is 6.92 Å². The van der Waals surface area contributed by atoms with Crippen molar-refractivity contribution in [3.05, 3.63) is 89.7 Å². The van der Waals surface area contributed by atoms with Gasteiger partial charge in [-0.15, -0.1) is 0 Å². The molecule has 7 heteroatoms. The molecule has 0 aliphatic rings. The normalized spacial score (nSPS) is 11.4.